The number of nitrogens with zero attached hydrogens (tertiary/aromatic N) is 1. The van der Waals surface area contributed by atoms with Gasteiger partial charge in [0, 0.05) is 30.2 Å². The van der Waals surface area contributed by atoms with E-state index in [1.54, 1.807) is 7.11 Å². The molecule has 1 aromatic rings. The maximum Gasteiger partial charge on any atom is 0.124 e. The molecule has 0 bridgehead atoms. The van der Waals surface area contributed by atoms with Crippen molar-refractivity contribution in [1.82, 2.24) is 10.2 Å². The highest BCUT2D eigenvalue weighted by Crippen LogP contribution is 2.27. The van der Waals surface area contributed by atoms with Gasteiger partial charge in [-0.3, -0.25) is 4.90 Å². The van der Waals surface area contributed by atoms with Gasteiger partial charge in [-0.15, -0.1) is 12.4 Å². The number of hydrogen-bond donors (Lipinski definition) is 1. The SMILES string of the molecule is COc1cccc(Cl)c1CN1CCCNCC1.Cl. The lowest BCUT2D eigenvalue weighted by Crippen LogP contribution is -2.27. The molecule has 0 amide bonds. The molecule has 1 aromatic carbocycles. The van der Waals surface area contributed by atoms with E-state index < -0.39 is 0 Å². The molecule has 1 saturated heterocycles. The van der Waals surface area contributed by atoms with E-state index >= 15 is 0 Å². The second-order valence-corrected chi connectivity index (χ2v) is 4.71. The van der Waals surface area contributed by atoms with E-state index in [-0.39, 0.29) is 12.4 Å². The van der Waals surface area contributed by atoms with Crippen molar-refractivity contribution >= 4 is 24.0 Å². The van der Waals surface area contributed by atoms with Crippen LogP contribution < -0.4 is 10.1 Å². The molecule has 0 atom stereocenters. The highest BCUT2D eigenvalue weighted by atomic mass is 35.5. The number of ether oxygens (including phenoxy) is 1. The van der Waals surface area contributed by atoms with Crippen molar-refractivity contribution in [2.24, 2.45) is 0 Å². The fraction of sp³-hybridized carbons (Fsp3) is 0.538. The van der Waals surface area contributed by atoms with Crippen LogP contribution in [0.25, 0.3) is 0 Å². The number of benzene rings is 1. The van der Waals surface area contributed by atoms with Crippen molar-refractivity contribution < 1.29 is 4.74 Å². The summed E-state index contributed by atoms with van der Waals surface area (Å²) < 4.78 is 5.37. The molecule has 3 nitrogen and oxygen atoms in total. The summed E-state index contributed by atoms with van der Waals surface area (Å²) in [6.45, 7) is 5.20. The standard InChI is InChI=1S/C13H19ClN2O.ClH/c1-17-13-5-2-4-12(14)11(13)10-16-8-3-6-15-7-9-16;/h2,4-5,15H,3,6-10H2,1H3;1H. The van der Waals surface area contributed by atoms with Crippen molar-refractivity contribution in [1.29, 1.82) is 0 Å². The van der Waals surface area contributed by atoms with Gasteiger partial charge in [0.2, 0.25) is 0 Å². The number of halogens is 2. The molecule has 0 aliphatic carbocycles. The molecule has 0 radical (unpaired) electrons. The second kappa shape index (κ2) is 7.85. The molecule has 2 rings (SSSR count). The van der Waals surface area contributed by atoms with Gasteiger partial charge in [-0.05, 0) is 31.6 Å². The number of hydrogen-bond acceptors (Lipinski definition) is 3. The van der Waals surface area contributed by atoms with Gasteiger partial charge >= 0.3 is 0 Å². The molecule has 1 heterocycles. The third-order valence-electron chi connectivity index (χ3n) is 3.11. The Morgan fingerprint density at radius 1 is 1.33 bits per heavy atom. The lowest BCUT2D eigenvalue weighted by molar-refractivity contribution is 0.279. The van der Waals surface area contributed by atoms with Gasteiger partial charge in [0.05, 0.1) is 7.11 Å². The first-order chi connectivity index (χ1) is 8.31. The Morgan fingerprint density at radius 3 is 2.94 bits per heavy atom. The minimum absolute atomic E-state index is 0. The van der Waals surface area contributed by atoms with E-state index in [0.29, 0.717) is 0 Å². The molecular weight excluding hydrogens is 271 g/mol. The molecule has 18 heavy (non-hydrogen) atoms. The first-order valence-corrected chi connectivity index (χ1v) is 6.43. The monoisotopic (exact) mass is 290 g/mol. The highest BCUT2D eigenvalue weighted by Gasteiger charge is 2.14. The van der Waals surface area contributed by atoms with Crippen LogP contribution in [0, 0.1) is 0 Å². The van der Waals surface area contributed by atoms with Crippen molar-refractivity contribution in [2.45, 2.75) is 13.0 Å². The lowest BCUT2D eigenvalue weighted by Gasteiger charge is -2.21. The second-order valence-electron chi connectivity index (χ2n) is 4.30. The summed E-state index contributed by atoms with van der Waals surface area (Å²) in [5.74, 6) is 0.884. The van der Waals surface area contributed by atoms with Crippen LogP contribution in [-0.2, 0) is 6.54 Å². The van der Waals surface area contributed by atoms with Gasteiger partial charge < -0.3 is 10.1 Å². The molecule has 0 unspecified atom stereocenters. The predicted molar refractivity (Wildman–Crippen MR) is 78.0 cm³/mol. The number of rotatable bonds is 3. The van der Waals surface area contributed by atoms with E-state index in [2.05, 4.69) is 10.2 Å². The average Bonchev–Trinajstić information content (AvgIpc) is 2.60. The maximum absolute atomic E-state index is 6.25. The zero-order valence-electron chi connectivity index (χ0n) is 10.6. The minimum Gasteiger partial charge on any atom is -0.496 e. The molecule has 0 saturated carbocycles. The van der Waals surface area contributed by atoms with Crippen molar-refractivity contribution in [3.8, 4) is 5.75 Å². The van der Waals surface area contributed by atoms with Crippen LogP contribution in [0.4, 0.5) is 0 Å². The smallest absolute Gasteiger partial charge is 0.124 e. The highest BCUT2D eigenvalue weighted by molar-refractivity contribution is 6.31. The van der Waals surface area contributed by atoms with Crippen LogP contribution in [0.2, 0.25) is 5.02 Å². The number of methoxy groups -OCH3 is 1. The van der Waals surface area contributed by atoms with Crippen LogP contribution in [0.5, 0.6) is 5.75 Å². The van der Waals surface area contributed by atoms with Crippen LogP contribution in [0.1, 0.15) is 12.0 Å². The Morgan fingerprint density at radius 2 is 2.17 bits per heavy atom. The molecule has 1 aliphatic heterocycles. The Bertz CT molecular complexity index is 366. The summed E-state index contributed by atoms with van der Waals surface area (Å²) in [6.07, 6.45) is 1.19. The molecule has 102 valence electrons. The Kier molecular flexibility index (Phi) is 6.79. The quantitative estimate of drug-likeness (QED) is 0.926. The van der Waals surface area contributed by atoms with Gasteiger partial charge in [-0.2, -0.15) is 0 Å². The zero-order valence-corrected chi connectivity index (χ0v) is 12.2. The topological polar surface area (TPSA) is 24.5 Å². The van der Waals surface area contributed by atoms with Crippen LogP contribution in [0.15, 0.2) is 18.2 Å². The maximum atomic E-state index is 6.25. The molecular formula is C13H20Cl2N2O. The minimum atomic E-state index is 0. The molecule has 0 aromatic heterocycles. The largest absolute Gasteiger partial charge is 0.496 e. The zero-order chi connectivity index (χ0) is 12.1. The van der Waals surface area contributed by atoms with Crippen molar-refractivity contribution in [3.63, 3.8) is 0 Å². The first kappa shape index (κ1) is 15.6. The van der Waals surface area contributed by atoms with Gasteiger partial charge in [-0.1, -0.05) is 17.7 Å². The van der Waals surface area contributed by atoms with Crippen LogP contribution >= 0.6 is 24.0 Å². The van der Waals surface area contributed by atoms with Crippen LogP contribution in [-0.4, -0.2) is 38.2 Å². The summed E-state index contributed by atoms with van der Waals surface area (Å²) in [5, 5.41) is 4.19. The van der Waals surface area contributed by atoms with Gasteiger partial charge in [-0.25, -0.2) is 0 Å². The summed E-state index contributed by atoms with van der Waals surface area (Å²) in [7, 11) is 1.69. The van der Waals surface area contributed by atoms with Gasteiger partial charge in [0.1, 0.15) is 5.75 Å². The molecule has 0 spiro atoms. The third-order valence-corrected chi connectivity index (χ3v) is 3.46. The first-order valence-electron chi connectivity index (χ1n) is 6.05. The fourth-order valence-corrected chi connectivity index (χ4v) is 2.39. The Hall–Kier alpha value is -0.480. The lowest BCUT2D eigenvalue weighted by atomic mass is 10.2. The Labute approximate surface area is 120 Å². The van der Waals surface area contributed by atoms with E-state index in [4.69, 9.17) is 16.3 Å². The van der Waals surface area contributed by atoms with Crippen LogP contribution in [0.3, 0.4) is 0 Å². The van der Waals surface area contributed by atoms with E-state index in [1.165, 1.54) is 6.42 Å². The fourth-order valence-electron chi connectivity index (χ4n) is 2.17. The van der Waals surface area contributed by atoms with E-state index in [0.717, 1.165) is 49.1 Å². The predicted octanol–water partition coefficient (Wildman–Crippen LogP) is 2.57. The summed E-state index contributed by atoms with van der Waals surface area (Å²) in [5.41, 5.74) is 1.10. The summed E-state index contributed by atoms with van der Waals surface area (Å²) in [4.78, 5) is 2.42. The van der Waals surface area contributed by atoms with Gasteiger partial charge in [0.25, 0.3) is 0 Å². The molecule has 5 heteroatoms. The summed E-state index contributed by atoms with van der Waals surface area (Å²) in [6, 6.07) is 5.82. The summed E-state index contributed by atoms with van der Waals surface area (Å²) >= 11 is 6.25. The van der Waals surface area contributed by atoms with Crippen molar-refractivity contribution in [2.75, 3.05) is 33.3 Å². The number of nitrogens with one attached hydrogen (secondary N) is 1. The molecule has 1 fully saturated rings. The van der Waals surface area contributed by atoms with E-state index in [9.17, 15) is 0 Å². The Balaban J connectivity index is 0.00000162. The normalized spacial score (nSPS) is 16.8. The average molecular weight is 291 g/mol. The molecule has 1 N–H and O–H groups in total. The van der Waals surface area contributed by atoms with Crippen molar-refractivity contribution in [3.05, 3.63) is 28.8 Å². The third kappa shape index (κ3) is 4.02. The van der Waals surface area contributed by atoms with Gasteiger partial charge in [0.15, 0.2) is 0 Å². The molecule has 1 aliphatic rings. The van der Waals surface area contributed by atoms with E-state index in [1.807, 2.05) is 18.2 Å².